The lowest BCUT2D eigenvalue weighted by atomic mass is 10.1. The zero-order valence-electron chi connectivity index (χ0n) is 16.7. The number of nitrogens with one attached hydrogen (secondary N) is 2. The molecule has 0 aliphatic rings. The number of aryl methyl sites for hydroxylation is 1. The Morgan fingerprint density at radius 1 is 1.03 bits per heavy atom. The molecule has 29 heavy (non-hydrogen) atoms. The van der Waals surface area contributed by atoms with Crippen molar-refractivity contribution >= 4 is 28.3 Å². The van der Waals surface area contributed by atoms with Crippen LogP contribution in [0.5, 0.6) is 0 Å². The summed E-state index contributed by atoms with van der Waals surface area (Å²) in [5.74, 6) is -0.439. The highest BCUT2D eigenvalue weighted by Gasteiger charge is 2.11. The van der Waals surface area contributed by atoms with Crippen molar-refractivity contribution in [3.8, 4) is 0 Å². The fourth-order valence-electron chi connectivity index (χ4n) is 2.90. The summed E-state index contributed by atoms with van der Waals surface area (Å²) >= 11 is 0. The molecule has 0 aliphatic heterocycles. The molecule has 1 aromatic heterocycles. The van der Waals surface area contributed by atoms with E-state index < -0.39 is 0 Å². The quantitative estimate of drug-likeness (QED) is 0.674. The van der Waals surface area contributed by atoms with E-state index >= 15 is 0 Å². The minimum atomic E-state index is -0.300. The van der Waals surface area contributed by atoms with E-state index in [2.05, 4.69) is 15.7 Å². The van der Waals surface area contributed by atoms with E-state index in [1.165, 1.54) is 4.68 Å². The highest BCUT2D eigenvalue weighted by atomic mass is 16.2. The lowest BCUT2D eigenvalue weighted by Crippen LogP contribution is -2.33. The van der Waals surface area contributed by atoms with Crippen molar-refractivity contribution < 1.29 is 9.59 Å². The molecule has 2 aromatic carbocycles. The monoisotopic (exact) mass is 392 g/mol. The molecule has 0 spiro atoms. The van der Waals surface area contributed by atoms with Crippen molar-refractivity contribution in [2.45, 2.75) is 33.9 Å². The van der Waals surface area contributed by atoms with Crippen molar-refractivity contribution in [2.24, 2.45) is 5.92 Å². The Morgan fingerprint density at radius 3 is 2.34 bits per heavy atom. The minimum Gasteiger partial charge on any atom is -0.350 e. The van der Waals surface area contributed by atoms with Gasteiger partial charge in [-0.05, 0) is 30.7 Å². The summed E-state index contributed by atoms with van der Waals surface area (Å²) in [5.41, 5.74) is 2.01. The maximum absolute atomic E-state index is 12.5. The van der Waals surface area contributed by atoms with E-state index in [0.717, 1.165) is 10.9 Å². The standard InChI is InChI=1S/C22H24N4O3/c1-14(2)21(28)24-17-10-8-16(9-11-17)12-23-20(27)13-26-22(29)19-7-5-4-6-18(19)15(3)25-26/h4-11,14H,12-13H2,1-3H3,(H,23,27)(H,24,28). The van der Waals surface area contributed by atoms with Gasteiger partial charge in [-0.25, -0.2) is 4.68 Å². The molecular weight excluding hydrogens is 368 g/mol. The van der Waals surface area contributed by atoms with Crippen molar-refractivity contribution in [1.82, 2.24) is 15.1 Å². The van der Waals surface area contributed by atoms with Gasteiger partial charge < -0.3 is 10.6 Å². The van der Waals surface area contributed by atoms with Crippen molar-refractivity contribution in [2.75, 3.05) is 5.32 Å². The van der Waals surface area contributed by atoms with Crippen molar-refractivity contribution in [3.05, 3.63) is 70.1 Å². The molecule has 150 valence electrons. The second-order valence-electron chi connectivity index (χ2n) is 7.21. The number of rotatable bonds is 6. The van der Waals surface area contributed by atoms with Crippen LogP contribution in [0.3, 0.4) is 0 Å². The molecule has 2 amide bonds. The predicted octanol–water partition coefficient (Wildman–Crippen LogP) is 2.62. The number of nitrogens with zero attached hydrogens (tertiary/aromatic N) is 2. The number of carbonyl (C=O) groups excluding carboxylic acids is 2. The van der Waals surface area contributed by atoms with Crippen molar-refractivity contribution in [3.63, 3.8) is 0 Å². The largest absolute Gasteiger partial charge is 0.350 e. The topological polar surface area (TPSA) is 93.1 Å². The van der Waals surface area contributed by atoms with E-state index in [0.29, 0.717) is 23.3 Å². The Kier molecular flexibility index (Phi) is 6.07. The third-order valence-electron chi connectivity index (χ3n) is 4.58. The summed E-state index contributed by atoms with van der Waals surface area (Å²) in [4.78, 5) is 36.6. The van der Waals surface area contributed by atoms with Gasteiger partial charge in [0.25, 0.3) is 5.56 Å². The fourth-order valence-corrected chi connectivity index (χ4v) is 2.90. The number of carbonyl (C=O) groups is 2. The summed E-state index contributed by atoms with van der Waals surface area (Å²) in [7, 11) is 0. The van der Waals surface area contributed by atoms with E-state index in [4.69, 9.17) is 0 Å². The first-order chi connectivity index (χ1) is 13.8. The van der Waals surface area contributed by atoms with E-state index in [-0.39, 0.29) is 29.8 Å². The van der Waals surface area contributed by atoms with Crippen LogP contribution >= 0.6 is 0 Å². The first-order valence-electron chi connectivity index (χ1n) is 9.48. The number of fused-ring (bicyclic) bond motifs is 1. The fraction of sp³-hybridized carbons (Fsp3) is 0.273. The number of benzene rings is 2. The second-order valence-corrected chi connectivity index (χ2v) is 7.21. The molecule has 0 saturated carbocycles. The van der Waals surface area contributed by atoms with Gasteiger partial charge in [-0.1, -0.05) is 44.2 Å². The van der Waals surface area contributed by atoms with Gasteiger partial charge in [0, 0.05) is 23.5 Å². The van der Waals surface area contributed by atoms with E-state index in [1.54, 1.807) is 24.3 Å². The molecule has 0 aliphatic carbocycles. The summed E-state index contributed by atoms with van der Waals surface area (Å²) in [6.45, 7) is 5.65. The van der Waals surface area contributed by atoms with E-state index in [1.807, 2.05) is 45.0 Å². The van der Waals surface area contributed by atoms with Gasteiger partial charge in [-0.2, -0.15) is 5.10 Å². The normalized spacial score (nSPS) is 10.9. The first kappa shape index (κ1) is 20.3. The minimum absolute atomic E-state index is 0.0466. The summed E-state index contributed by atoms with van der Waals surface area (Å²) in [6, 6.07) is 14.5. The molecule has 0 unspecified atom stereocenters. The van der Waals surface area contributed by atoms with Gasteiger partial charge >= 0.3 is 0 Å². The molecule has 0 radical (unpaired) electrons. The van der Waals surface area contributed by atoms with Crippen LogP contribution in [0, 0.1) is 12.8 Å². The van der Waals surface area contributed by atoms with Gasteiger partial charge in [0.2, 0.25) is 11.8 Å². The van der Waals surface area contributed by atoms with Crippen LogP contribution in [-0.4, -0.2) is 21.6 Å². The molecule has 3 aromatic rings. The second kappa shape index (κ2) is 8.68. The molecule has 0 atom stereocenters. The van der Waals surface area contributed by atoms with Gasteiger partial charge in [-0.3, -0.25) is 14.4 Å². The smallest absolute Gasteiger partial charge is 0.275 e. The molecule has 0 bridgehead atoms. The summed E-state index contributed by atoms with van der Waals surface area (Å²) in [6.07, 6.45) is 0. The zero-order valence-corrected chi connectivity index (χ0v) is 16.7. The van der Waals surface area contributed by atoms with Crippen LogP contribution in [0.4, 0.5) is 5.69 Å². The van der Waals surface area contributed by atoms with Crippen LogP contribution in [0.15, 0.2) is 53.3 Å². The Bertz CT molecular complexity index is 1100. The SMILES string of the molecule is Cc1nn(CC(=O)NCc2ccc(NC(=O)C(C)C)cc2)c(=O)c2ccccc12. The zero-order chi connectivity index (χ0) is 21.0. The number of hydrogen-bond donors (Lipinski definition) is 2. The van der Waals surface area contributed by atoms with Crippen molar-refractivity contribution in [1.29, 1.82) is 0 Å². The van der Waals surface area contributed by atoms with Crippen LogP contribution < -0.4 is 16.2 Å². The molecule has 7 heteroatoms. The molecule has 0 fully saturated rings. The number of aromatic nitrogens is 2. The number of amides is 2. The van der Waals surface area contributed by atoms with Gasteiger partial charge in [0.15, 0.2) is 0 Å². The van der Waals surface area contributed by atoms with Crippen LogP contribution in [0.25, 0.3) is 10.8 Å². The van der Waals surface area contributed by atoms with Crippen LogP contribution in [-0.2, 0) is 22.7 Å². The Labute approximate surface area is 168 Å². The predicted molar refractivity (Wildman–Crippen MR) is 112 cm³/mol. The van der Waals surface area contributed by atoms with E-state index in [9.17, 15) is 14.4 Å². The summed E-state index contributed by atoms with van der Waals surface area (Å²) < 4.78 is 1.19. The highest BCUT2D eigenvalue weighted by Crippen LogP contribution is 2.12. The maximum atomic E-state index is 12.5. The average molecular weight is 392 g/mol. The lowest BCUT2D eigenvalue weighted by Gasteiger charge is -2.10. The maximum Gasteiger partial charge on any atom is 0.275 e. The third-order valence-corrected chi connectivity index (χ3v) is 4.58. The van der Waals surface area contributed by atoms with Gasteiger partial charge in [-0.15, -0.1) is 0 Å². The Morgan fingerprint density at radius 2 is 1.69 bits per heavy atom. The number of hydrogen-bond acceptors (Lipinski definition) is 4. The molecule has 2 N–H and O–H groups in total. The molecular formula is C22H24N4O3. The first-order valence-corrected chi connectivity index (χ1v) is 9.48. The summed E-state index contributed by atoms with van der Waals surface area (Å²) in [5, 5.41) is 11.2. The molecule has 0 saturated heterocycles. The van der Waals surface area contributed by atoms with Gasteiger partial charge in [0.05, 0.1) is 11.1 Å². The third kappa shape index (κ3) is 4.87. The molecule has 3 rings (SSSR count). The Hall–Kier alpha value is -3.48. The Balaban J connectivity index is 1.62. The average Bonchev–Trinajstić information content (AvgIpc) is 2.71. The molecule has 7 nitrogen and oxygen atoms in total. The van der Waals surface area contributed by atoms with Crippen LogP contribution in [0.1, 0.15) is 25.1 Å². The molecule has 1 heterocycles. The lowest BCUT2D eigenvalue weighted by molar-refractivity contribution is -0.122. The van der Waals surface area contributed by atoms with Gasteiger partial charge in [0.1, 0.15) is 6.54 Å². The van der Waals surface area contributed by atoms with Crippen LogP contribution in [0.2, 0.25) is 0 Å². The number of anilines is 1. The highest BCUT2D eigenvalue weighted by molar-refractivity contribution is 5.92.